The van der Waals surface area contributed by atoms with Crippen LogP contribution in [0.1, 0.15) is 16.8 Å². The van der Waals surface area contributed by atoms with Crippen molar-refractivity contribution in [1.82, 2.24) is 24.6 Å². The van der Waals surface area contributed by atoms with Crippen molar-refractivity contribution < 1.29 is 0 Å². The van der Waals surface area contributed by atoms with Crippen LogP contribution >= 0.6 is 0 Å². The first-order valence-corrected chi connectivity index (χ1v) is 7.75. The standard InChI is InChI=1S/C17H23N5/c1-3-22-15(2)17(12-19-22)14-21-10-8-20(9-11-21)13-16-4-6-18-7-5-16/h3-7,12H,1,8-11,13-14H2,2H3. The molecule has 1 fully saturated rings. The Balaban J connectivity index is 1.51. The van der Waals surface area contributed by atoms with E-state index in [1.165, 1.54) is 16.8 Å². The second kappa shape index (κ2) is 6.85. The Kier molecular flexibility index (Phi) is 4.65. The largest absolute Gasteiger partial charge is 0.297 e. The molecule has 116 valence electrons. The third kappa shape index (κ3) is 3.43. The minimum Gasteiger partial charge on any atom is -0.297 e. The quantitative estimate of drug-likeness (QED) is 0.846. The van der Waals surface area contributed by atoms with Crippen LogP contribution in [0.25, 0.3) is 6.20 Å². The van der Waals surface area contributed by atoms with Gasteiger partial charge in [0.25, 0.3) is 0 Å². The summed E-state index contributed by atoms with van der Waals surface area (Å²) < 4.78 is 1.84. The van der Waals surface area contributed by atoms with Gasteiger partial charge in [0.15, 0.2) is 0 Å². The number of hydrogen-bond donors (Lipinski definition) is 0. The van der Waals surface area contributed by atoms with Gasteiger partial charge in [-0.1, -0.05) is 6.58 Å². The van der Waals surface area contributed by atoms with Crippen LogP contribution in [0.3, 0.4) is 0 Å². The van der Waals surface area contributed by atoms with Crippen LogP contribution in [-0.4, -0.2) is 50.7 Å². The predicted molar refractivity (Wildman–Crippen MR) is 88.1 cm³/mol. The minimum absolute atomic E-state index is 0.975. The molecule has 0 bridgehead atoms. The normalized spacial score (nSPS) is 16.8. The number of piperazine rings is 1. The zero-order chi connectivity index (χ0) is 15.4. The zero-order valence-corrected chi connectivity index (χ0v) is 13.1. The van der Waals surface area contributed by atoms with Gasteiger partial charge in [-0.25, -0.2) is 4.68 Å². The fourth-order valence-corrected chi connectivity index (χ4v) is 2.89. The molecule has 0 aromatic carbocycles. The highest BCUT2D eigenvalue weighted by molar-refractivity contribution is 5.26. The molecule has 0 atom stereocenters. The Hall–Kier alpha value is -1.98. The summed E-state index contributed by atoms with van der Waals surface area (Å²) in [5.74, 6) is 0. The van der Waals surface area contributed by atoms with Crippen molar-refractivity contribution >= 4 is 6.20 Å². The molecule has 22 heavy (non-hydrogen) atoms. The first-order valence-electron chi connectivity index (χ1n) is 7.75. The molecule has 1 aliphatic rings. The van der Waals surface area contributed by atoms with E-state index in [-0.39, 0.29) is 0 Å². The van der Waals surface area contributed by atoms with E-state index in [2.05, 4.69) is 45.5 Å². The molecule has 0 unspecified atom stereocenters. The predicted octanol–water partition coefficient (Wildman–Crippen LogP) is 2.00. The number of rotatable bonds is 5. The van der Waals surface area contributed by atoms with Crippen molar-refractivity contribution in [3.05, 3.63) is 54.1 Å². The highest BCUT2D eigenvalue weighted by Gasteiger charge is 2.18. The fraction of sp³-hybridized carbons (Fsp3) is 0.412. The van der Waals surface area contributed by atoms with Crippen LogP contribution in [0.5, 0.6) is 0 Å². The van der Waals surface area contributed by atoms with Crippen LogP contribution in [0.15, 0.2) is 37.3 Å². The molecular formula is C17H23N5. The van der Waals surface area contributed by atoms with Crippen LogP contribution < -0.4 is 0 Å². The Labute approximate surface area is 131 Å². The first kappa shape index (κ1) is 14.9. The van der Waals surface area contributed by atoms with Gasteiger partial charge in [-0.3, -0.25) is 14.8 Å². The summed E-state index contributed by atoms with van der Waals surface area (Å²) in [5.41, 5.74) is 3.82. The van der Waals surface area contributed by atoms with E-state index < -0.39 is 0 Å². The lowest BCUT2D eigenvalue weighted by molar-refractivity contribution is 0.122. The summed E-state index contributed by atoms with van der Waals surface area (Å²) in [7, 11) is 0. The van der Waals surface area contributed by atoms with E-state index in [0.717, 1.165) is 39.3 Å². The molecule has 0 aliphatic carbocycles. The van der Waals surface area contributed by atoms with E-state index in [0.29, 0.717) is 0 Å². The third-order valence-electron chi connectivity index (χ3n) is 4.33. The molecule has 5 nitrogen and oxygen atoms in total. The summed E-state index contributed by atoms with van der Waals surface area (Å²) in [4.78, 5) is 9.08. The highest BCUT2D eigenvalue weighted by atomic mass is 15.3. The monoisotopic (exact) mass is 297 g/mol. The molecule has 0 radical (unpaired) electrons. The SMILES string of the molecule is C=Cn1ncc(CN2CCN(Cc3ccncc3)CC2)c1C. The van der Waals surface area contributed by atoms with E-state index >= 15 is 0 Å². The van der Waals surface area contributed by atoms with Crippen LogP contribution in [0.4, 0.5) is 0 Å². The Morgan fingerprint density at radius 1 is 1.09 bits per heavy atom. The van der Waals surface area contributed by atoms with Crippen molar-refractivity contribution in [2.45, 2.75) is 20.0 Å². The Morgan fingerprint density at radius 2 is 1.73 bits per heavy atom. The molecule has 3 heterocycles. The third-order valence-corrected chi connectivity index (χ3v) is 4.33. The highest BCUT2D eigenvalue weighted by Crippen LogP contribution is 2.14. The van der Waals surface area contributed by atoms with Crippen LogP contribution in [-0.2, 0) is 13.1 Å². The van der Waals surface area contributed by atoms with Crippen molar-refractivity contribution in [1.29, 1.82) is 0 Å². The minimum atomic E-state index is 0.975. The van der Waals surface area contributed by atoms with Crippen LogP contribution in [0.2, 0.25) is 0 Å². The van der Waals surface area contributed by atoms with Gasteiger partial charge in [0.2, 0.25) is 0 Å². The molecule has 0 N–H and O–H groups in total. The second-order valence-electron chi connectivity index (χ2n) is 5.79. The summed E-state index contributed by atoms with van der Waals surface area (Å²) in [6.07, 6.45) is 7.45. The molecular weight excluding hydrogens is 274 g/mol. The molecule has 5 heteroatoms. The van der Waals surface area contributed by atoms with E-state index in [1.807, 2.05) is 23.3 Å². The molecule has 1 saturated heterocycles. The van der Waals surface area contributed by atoms with Gasteiger partial charge in [-0.05, 0) is 24.6 Å². The van der Waals surface area contributed by atoms with E-state index in [4.69, 9.17) is 0 Å². The topological polar surface area (TPSA) is 37.2 Å². The van der Waals surface area contributed by atoms with Gasteiger partial charge in [-0.2, -0.15) is 5.10 Å². The molecule has 1 aliphatic heterocycles. The van der Waals surface area contributed by atoms with Gasteiger partial charge in [0.1, 0.15) is 0 Å². The molecule has 2 aromatic rings. The Morgan fingerprint density at radius 3 is 2.32 bits per heavy atom. The maximum absolute atomic E-state index is 4.33. The number of hydrogen-bond acceptors (Lipinski definition) is 4. The van der Waals surface area contributed by atoms with Crippen molar-refractivity contribution in [2.24, 2.45) is 0 Å². The molecule has 0 spiro atoms. The fourth-order valence-electron chi connectivity index (χ4n) is 2.89. The first-order chi connectivity index (χ1) is 10.8. The van der Waals surface area contributed by atoms with Crippen molar-refractivity contribution in [3.63, 3.8) is 0 Å². The van der Waals surface area contributed by atoms with Gasteiger partial charge in [0, 0.05) is 69.1 Å². The molecule has 3 rings (SSSR count). The number of aromatic nitrogens is 3. The average Bonchev–Trinajstić information content (AvgIpc) is 2.90. The smallest absolute Gasteiger partial charge is 0.0541 e. The number of pyridine rings is 1. The lowest BCUT2D eigenvalue weighted by Crippen LogP contribution is -2.45. The molecule has 2 aromatic heterocycles. The van der Waals surface area contributed by atoms with Gasteiger partial charge in [0.05, 0.1) is 6.20 Å². The summed E-state index contributed by atoms with van der Waals surface area (Å²) in [5, 5.41) is 4.33. The zero-order valence-electron chi connectivity index (χ0n) is 13.1. The maximum atomic E-state index is 4.33. The lowest BCUT2D eigenvalue weighted by atomic mass is 10.2. The van der Waals surface area contributed by atoms with Gasteiger partial charge < -0.3 is 0 Å². The molecule has 0 amide bonds. The van der Waals surface area contributed by atoms with Crippen LogP contribution in [0, 0.1) is 6.92 Å². The number of nitrogens with zero attached hydrogens (tertiary/aromatic N) is 5. The summed E-state index contributed by atoms with van der Waals surface area (Å²) in [6.45, 7) is 12.3. The average molecular weight is 297 g/mol. The molecule has 0 saturated carbocycles. The second-order valence-corrected chi connectivity index (χ2v) is 5.79. The van der Waals surface area contributed by atoms with Crippen molar-refractivity contribution in [3.8, 4) is 0 Å². The Bertz CT molecular complexity index is 611. The summed E-state index contributed by atoms with van der Waals surface area (Å²) >= 11 is 0. The van der Waals surface area contributed by atoms with Gasteiger partial charge >= 0.3 is 0 Å². The maximum Gasteiger partial charge on any atom is 0.0541 e. The lowest BCUT2D eigenvalue weighted by Gasteiger charge is -2.34. The van der Waals surface area contributed by atoms with Crippen molar-refractivity contribution in [2.75, 3.05) is 26.2 Å². The van der Waals surface area contributed by atoms with E-state index in [9.17, 15) is 0 Å². The van der Waals surface area contributed by atoms with Gasteiger partial charge in [-0.15, -0.1) is 0 Å². The summed E-state index contributed by atoms with van der Waals surface area (Å²) in [6, 6.07) is 4.19. The van der Waals surface area contributed by atoms with E-state index in [1.54, 1.807) is 6.20 Å².